The van der Waals surface area contributed by atoms with Crippen LogP contribution in [0.25, 0.3) is 0 Å². The van der Waals surface area contributed by atoms with E-state index in [0.717, 1.165) is 5.57 Å². The van der Waals surface area contributed by atoms with E-state index in [4.69, 9.17) is 0 Å². The molecule has 0 aromatic carbocycles. The van der Waals surface area contributed by atoms with Gasteiger partial charge in [-0.15, -0.1) is 22.0 Å². The van der Waals surface area contributed by atoms with Crippen LogP contribution in [0.3, 0.4) is 0 Å². The maximum absolute atomic E-state index is 12.4. The number of tetrazole rings is 1. The standard InChI is InChI=1S/C13H18N6O2S/c1-6(2)5-7(20)14-8-11(21)19-9(10-15-17-18-16-10)13(3,4)22-12(8)19/h5,8-9,12H,1-4H3,(H,14,20)(H,15,16,17,18)/t8?,9?,12-/m0/s1. The molecule has 8 nitrogen and oxygen atoms in total. The van der Waals surface area contributed by atoms with E-state index < -0.39 is 6.04 Å². The lowest BCUT2D eigenvalue weighted by molar-refractivity contribution is -0.151. The number of fused-ring (bicyclic) bond motifs is 1. The van der Waals surface area contributed by atoms with Crippen molar-refractivity contribution in [1.29, 1.82) is 0 Å². The van der Waals surface area contributed by atoms with Gasteiger partial charge in [0.15, 0.2) is 5.82 Å². The molecule has 3 heterocycles. The number of hydrogen-bond donors (Lipinski definition) is 2. The monoisotopic (exact) mass is 322 g/mol. The summed E-state index contributed by atoms with van der Waals surface area (Å²) in [6.07, 6.45) is 1.50. The Morgan fingerprint density at radius 1 is 1.45 bits per heavy atom. The summed E-state index contributed by atoms with van der Waals surface area (Å²) in [7, 11) is 0. The summed E-state index contributed by atoms with van der Waals surface area (Å²) in [4.78, 5) is 26.0. The SMILES string of the molecule is CC(C)=CC(=O)NC1C(=O)N2C(c3nn[nH]n3)C(C)(C)S[C@@H]12. The molecule has 1 aromatic heterocycles. The van der Waals surface area contributed by atoms with Gasteiger partial charge >= 0.3 is 0 Å². The third-order valence-electron chi connectivity index (χ3n) is 3.76. The number of nitrogens with one attached hydrogen (secondary N) is 2. The topological polar surface area (TPSA) is 104 Å². The number of allylic oxidation sites excluding steroid dienone is 1. The highest BCUT2D eigenvalue weighted by atomic mass is 32.2. The van der Waals surface area contributed by atoms with Gasteiger partial charge in [0, 0.05) is 10.8 Å². The second-order valence-corrected chi connectivity index (χ2v) is 8.01. The summed E-state index contributed by atoms with van der Waals surface area (Å²) >= 11 is 1.64. The van der Waals surface area contributed by atoms with Gasteiger partial charge in [-0.2, -0.15) is 5.21 Å². The summed E-state index contributed by atoms with van der Waals surface area (Å²) in [5, 5.41) is 16.7. The molecule has 2 unspecified atom stereocenters. The van der Waals surface area contributed by atoms with Crippen LogP contribution in [0, 0.1) is 0 Å². The lowest BCUT2D eigenvalue weighted by Gasteiger charge is -2.43. The Labute approximate surface area is 132 Å². The molecule has 0 saturated carbocycles. The first-order valence-electron chi connectivity index (χ1n) is 7.00. The molecule has 2 N–H and O–H groups in total. The largest absolute Gasteiger partial charge is 0.338 e. The average molecular weight is 322 g/mol. The minimum absolute atomic E-state index is 0.0967. The second-order valence-electron chi connectivity index (χ2n) is 6.24. The third kappa shape index (κ3) is 2.29. The molecule has 1 aromatic rings. The highest BCUT2D eigenvalue weighted by Crippen LogP contribution is 2.56. The molecule has 118 valence electrons. The Morgan fingerprint density at radius 2 is 2.18 bits per heavy atom. The van der Waals surface area contributed by atoms with E-state index in [9.17, 15) is 9.59 Å². The van der Waals surface area contributed by atoms with E-state index in [0.29, 0.717) is 5.82 Å². The van der Waals surface area contributed by atoms with Crippen LogP contribution in [0.4, 0.5) is 0 Å². The van der Waals surface area contributed by atoms with Crippen molar-refractivity contribution in [3.05, 3.63) is 17.5 Å². The number of β-lactam (4-membered cyclic amide) rings is 1. The van der Waals surface area contributed by atoms with Crippen molar-refractivity contribution in [1.82, 2.24) is 30.8 Å². The van der Waals surface area contributed by atoms with Gasteiger partial charge in [-0.05, 0) is 27.7 Å². The molecule has 2 aliphatic rings. The lowest BCUT2D eigenvalue weighted by Crippen LogP contribution is -2.67. The summed E-state index contributed by atoms with van der Waals surface area (Å²) in [6, 6.07) is -0.741. The first-order chi connectivity index (χ1) is 10.3. The van der Waals surface area contributed by atoms with E-state index >= 15 is 0 Å². The fourth-order valence-electron chi connectivity index (χ4n) is 2.91. The number of H-pyrrole nitrogens is 1. The number of rotatable bonds is 3. The molecule has 9 heteroatoms. The van der Waals surface area contributed by atoms with Gasteiger partial charge < -0.3 is 10.2 Å². The molecular weight excluding hydrogens is 304 g/mol. The van der Waals surface area contributed by atoms with Gasteiger partial charge in [-0.25, -0.2) is 0 Å². The summed E-state index contributed by atoms with van der Waals surface area (Å²) in [6.45, 7) is 7.76. The molecule has 2 fully saturated rings. The minimum atomic E-state index is -0.496. The average Bonchev–Trinajstić information content (AvgIpc) is 2.99. The predicted molar refractivity (Wildman–Crippen MR) is 80.6 cm³/mol. The summed E-state index contributed by atoms with van der Waals surface area (Å²) < 4.78 is -0.250. The van der Waals surface area contributed by atoms with Gasteiger partial charge in [-0.3, -0.25) is 9.59 Å². The normalized spacial score (nSPS) is 28.8. The molecule has 2 aliphatic heterocycles. The van der Waals surface area contributed by atoms with Gasteiger partial charge in [-0.1, -0.05) is 10.8 Å². The third-order valence-corrected chi connectivity index (χ3v) is 5.34. The van der Waals surface area contributed by atoms with Gasteiger partial charge in [0.25, 0.3) is 0 Å². The van der Waals surface area contributed by atoms with Crippen molar-refractivity contribution in [3.8, 4) is 0 Å². The maximum Gasteiger partial charge on any atom is 0.249 e. The zero-order valence-corrected chi connectivity index (χ0v) is 13.6. The number of carbonyl (C=O) groups excluding carboxylic acids is 2. The molecule has 2 amide bonds. The molecule has 3 rings (SSSR count). The maximum atomic E-state index is 12.4. The molecule has 0 bridgehead atoms. The molecule has 3 atom stereocenters. The molecule has 2 saturated heterocycles. The van der Waals surface area contributed by atoms with Gasteiger partial charge in [0.2, 0.25) is 11.8 Å². The Balaban J connectivity index is 1.79. The second kappa shape index (κ2) is 5.08. The van der Waals surface area contributed by atoms with Crippen molar-refractivity contribution in [2.24, 2.45) is 0 Å². The van der Waals surface area contributed by atoms with Crippen molar-refractivity contribution in [2.45, 2.75) is 49.9 Å². The van der Waals surface area contributed by atoms with Crippen LogP contribution in [-0.2, 0) is 9.59 Å². The summed E-state index contributed by atoms with van der Waals surface area (Å²) in [5.74, 6) is 0.162. The Bertz CT molecular complexity index is 637. The smallest absolute Gasteiger partial charge is 0.249 e. The molecule has 0 radical (unpaired) electrons. The Morgan fingerprint density at radius 3 is 2.77 bits per heavy atom. The van der Waals surface area contributed by atoms with Crippen LogP contribution >= 0.6 is 11.8 Å². The van der Waals surface area contributed by atoms with Crippen LogP contribution in [0.5, 0.6) is 0 Å². The van der Waals surface area contributed by atoms with Crippen molar-refractivity contribution < 1.29 is 9.59 Å². The molecule has 0 spiro atoms. The first-order valence-corrected chi connectivity index (χ1v) is 7.88. The zero-order chi connectivity index (χ0) is 16.1. The van der Waals surface area contributed by atoms with Crippen LogP contribution in [-0.4, -0.2) is 53.5 Å². The van der Waals surface area contributed by atoms with E-state index in [2.05, 4.69) is 25.9 Å². The lowest BCUT2D eigenvalue weighted by atomic mass is 9.95. The fraction of sp³-hybridized carbons (Fsp3) is 0.615. The highest BCUT2D eigenvalue weighted by Gasteiger charge is 2.63. The number of amides is 2. The van der Waals surface area contributed by atoms with E-state index in [-0.39, 0.29) is 28.0 Å². The van der Waals surface area contributed by atoms with E-state index in [1.807, 2.05) is 27.7 Å². The number of thioether (sulfide) groups is 1. The minimum Gasteiger partial charge on any atom is -0.338 e. The van der Waals surface area contributed by atoms with Crippen molar-refractivity contribution in [2.75, 3.05) is 0 Å². The molecule has 0 aliphatic carbocycles. The number of nitrogens with zero attached hydrogens (tertiary/aromatic N) is 4. The quantitative estimate of drug-likeness (QED) is 0.616. The van der Waals surface area contributed by atoms with Crippen LogP contribution in [0.2, 0.25) is 0 Å². The fourth-order valence-corrected chi connectivity index (χ4v) is 4.54. The van der Waals surface area contributed by atoms with Crippen molar-refractivity contribution >= 4 is 23.6 Å². The molecular formula is C13H18N6O2S. The predicted octanol–water partition coefficient (Wildman–Crippen LogP) is 0.385. The van der Waals surface area contributed by atoms with Crippen LogP contribution in [0.15, 0.2) is 11.6 Å². The van der Waals surface area contributed by atoms with Crippen LogP contribution < -0.4 is 5.32 Å². The van der Waals surface area contributed by atoms with Crippen LogP contribution in [0.1, 0.15) is 39.6 Å². The highest BCUT2D eigenvalue weighted by molar-refractivity contribution is 8.01. The van der Waals surface area contributed by atoms with E-state index in [1.165, 1.54) is 6.08 Å². The van der Waals surface area contributed by atoms with Gasteiger partial charge in [0.05, 0.1) is 0 Å². The van der Waals surface area contributed by atoms with Gasteiger partial charge in [0.1, 0.15) is 17.5 Å². The number of hydrogen-bond acceptors (Lipinski definition) is 6. The Kier molecular flexibility index (Phi) is 3.47. The van der Waals surface area contributed by atoms with E-state index in [1.54, 1.807) is 16.7 Å². The number of aromatic nitrogens is 4. The molecule has 22 heavy (non-hydrogen) atoms. The number of carbonyl (C=O) groups is 2. The summed E-state index contributed by atoms with van der Waals surface area (Å²) in [5.41, 5.74) is 0.894. The van der Waals surface area contributed by atoms with Crippen molar-refractivity contribution in [3.63, 3.8) is 0 Å². The Hall–Kier alpha value is -1.90. The number of aromatic amines is 1. The first kappa shape index (κ1) is 15.0. The zero-order valence-electron chi connectivity index (χ0n) is 12.8.